The quantitative estimate of drug-likeness (QED) is 0.139. The first-order valence-corrected chi connectivity index (χ1v) is 22.4. The molecule has 13 nitrogen and oxygen atoms in total. The number of carbonyl (C=O) groups excluding carboxylic acids is 4. The number of benzene rings is 2. The van der Waals surface area contributed by atoms with Crippen LogP contribution < -0.4 is 10.6 Å². The van der Waals surface area contributed by atoms with E-state index in [1.54, 1.807) is 63.4 Å². The summed E-state index contributed by atoms with van der Waals surface area (Å²) in [6.07, 6.45) is -1.03. The minimum atomic E-state index is -3.76. The van der Waals surface area contributed by atoms with Gasteiger partial charge in [0.2, 0.25) is 5.91 Å². The minimum absolute atomic E-state index is 0.0168. The van der Waals surface area contributed by atoms with Gasteiger partial charge in [-0.3, -0.25) is 9.36 Å². The lowest BCUT2D eigenvalue weighted by Crippen LogP contribution is -2.61. The van der Waals surface area contributed by atoms with Gasteiger partial charge < -0.3 is 29.3 Å². The van der Waals surface area contributed by atoms with Gasteiger partial charge in [-0.1, -0.05) is 69.3 Å². The average Bonchev–Trinajstić information content (AvgIpc) is 3.42. The Kier molecular flexibility index (Phi) is 12.9. The molecule has 2 amide bonds. The third kappa shape index (κ3) is 11.2. The summed E-state index contributed by atoms with van der Waals surface area (Å²) < 4.78 is 50.9. The number of fused-ring (bicyclic) bond motifs is 1. The number of hydrogen-bond donors (Lipinski definition) is 2. The zero-order valence-electron chi connectivity index (χ0n) is 32.1. The summed E-state index contributed by atoms with van der Waals surface area (Å²) in [5.41, 5.74) is 1.16. The number of aromatic nitrogens is 1. The summed E-state index contributed by atoms with van der Waals surface area (Å²) in [5.74, 6) is -2.94. The summed E-state index contributed by atoms with van der Waals surface area (Å²) in [5, 5.41) is 5.88. The predicted octanol–water partition coefficient (Wildman–Crippen LogP) is 5.74. The van der Waals surface area contributed by atoms with Crippen LogP contribution in [0.1, 0.15) is 59.1 Å². The van der Waals surface area contributed by atoms with Crippen LogP contribution >= 0.6 is 0 Å². The van der Waals surface area contributed by atoms with E-state index in [0.717, 1.165) is 5.56 Å². The fourth-order valence-electron chi connectivity index (χ4n) is 6.02. The van der Waals surface area contributed by atoms with E-state index >= 15 is 0 Å². The zero-order valence-corrected chi connectivity index (χ0v) is 33.9. The Morgan fingerprint density at radius 1 is 0.943 bits per heavy atom. The van der Waals surface area contributed by atoms with Crippen molar-refractivity contribution < 1.29 is 46.2 Å². The summed E-state index contributed by atoms with van der Waals surface area (Å²) >= 11 is 0. The lowest BCUT2D eigenvalue weighted by Gasteiger charge is -2.45. The molecule has 0 radical (unpaired) electrons. The first kappa shape index (κ1) is 41.5. The number of alkyl carbamates (subject to hydrolysis) is 1. The van der Waals surface area contributed by atoms with E-state index in [2.05, 4.69) is 10.6 Å². The average molecular weight is 772 g/mol. The highest BCUT2D eigenvalue weighted by atomic mass is 32.2. The molecule has 1 aliphatic heterocycles. The Morgan fingerprint density at radius 2 is 1.58 bits per heavy atom. The Morgan fingerprint density at radius 3 is 2.21 bits per heavy atom. The standard InChI is InChI=1S/C38H53N3O10SSi/c1-37(2,3)50-36(45)41-21-26(28-17-13-14-18-31(28)41)19-29(34(43)48-7)39-32(42)20-27-23-52(46,47)24-30(33(27)51-53(8,9)38(4,5)6)40-35(44)49-22-25-15-11-10-12-16-25/h10-18,21,27,29-30,33H,19-20,22-24H2,1-9H3,(H,39,42)(H,40,44)/t27-,29-,30+,33-/m0/s1. The molecule has 1 aliphatic rings. The number of esters is 1. The maximum Gasteiger partial charge on any atom is 0.419 e. The van der Waals surface area contributed by atoms with Crippen LogP contribution in [0.2, 0.25) is 18.1 Å². The van der Waals surface area contributed by atoms with Gasteiger partial charge in [0.1, 0.15) is 18.2 Å². The van der Waals surface area contributed by atoms with Crippen LogP contribution in [0.25, 0.3) is 10.9 Å². The van der Waals surface area contributed by atoms with Gasteiger partial charge in [-0.05, 0) is 56.1 Å². The molecule has 2 heterocycles. The number of nitrogens with zero attached hydrogens (tertiary/aromatic N) is 1. The zero-order chi connectivity index (χ0) is 39.4. The van der Waals surface area contributed by atoms with Crippen molar-refractivity contribution in [3.8, 4) is 0 Å². The molecule has 15 heteroatoms. The molecule has 0 bridgehead atoms. The fourth-order valence-corrected chi connectivity index (χ4v) is 9.33. The van der Waals surface area contributed by atoms with E-state index in [0.29, 0.717) is 16.5 Å². The number of carbonyl (C=O) groups is 4. The van der Waals surface area contributed by atoms with Crippen molar-refractivity contribution in [3.63, 3.8) is 0 Å². The van der Waals surface area contributed by atoms with Crippen LogP contribution in [-0.4, -0.2) is 87.8 Å². The number of hydrogen-bond acceptors (Lipinski definition) is 10. The maximum absolute atomic E-state index is 13.8. The molecule has 0 spiro atoms. The van der Waals surface area contributed by atoms with E-state index in [9.17, 15) is 27.6 Å². The van der Waals surface area contributed by atoms with Crippen molar-refractivity contribution in [1.82, 2.24) is 15.2 Å². The molecule has 2 N–H and O–H groups in total. The van der Waals surface area contributed by atoms with Gasteiger partial charge >= 0.3 is 18.2 Å². The van der Waals surface area contributed by atoms with Crippen LogP contribution in [0.3, 0.4) is 0 Å². The van der Waals surface area contributed by atoms with Crippen LogP contribution in [0, 0.1) is 5.92 Å². The van der Waals surface area contributed by atoms with E-state index in [1.807, 2.05) is 52.1 Å². The molecule has 3 aromatic rings. The van der Waals surface area contributed by atoms with Crippen LogP contribution in [0.5, 0.6) is 0 Å². The van der Waals surface area contributed by atoms with Crippen molar-refractivity contribution in [2.45, 2.75) is 103 Å². The van der Waals surface area contributed by atoms with Gasteiger partial charge in [-0.2, -0.15) is 0 Å². The van der Waals surface area contributed by atoms with Crippen molar-refractivity contribution in [2.75, 3.05) is 18.6 Å². The lowest BCUT2D eigenvalue weighted by atomic mass is 9.94. The molecule has 290 valence electrons. The molecule has 0 aliphatic carbocycles. The highest BCUT2D eigenvalue weighted by Crippen LogP contribution is 2.40. The third-order valence-corrected chi connectivity index (χ3v) is 15.9. The number of nitrogens with one attached hydrogen (secondary N) is 2. The van der Waals surface area contributed by atoms with E-state index in [4.69, 9.17) is 18.6 Å². The SMILES string of the molecule is COC(=O)[C@H](Cc1cn(C(=O)OC(C)(C)C)c2ccccc12)NC(=O)C[C@H]1CS(=O)(=O)C[C@@H](NC(=O)OCc2ccccc2)[C@H]1O[Si](C)(C)C(C)(C)C. The second-order valence-electron chi connectivity index (χ2n) is 16.1. The minimum Gasteiger partial charge on any atom is -0.467 e. The van der Waals surface area contributed by atoms with Crippen molar-refractivity contribution in [2.24, 2.45) is 5.92 Å². The number of sulfone groups is 1. The van der Waals surface area contributed by atoms with Crippen molar-refractivity contribution >= 4 is 53.1 Å². The molecule has 1 fully saturated rings. The smallest absolute Gasteiger partial charge is 0.419 e. The molecule has 4 rings (SSSR count). The second kappa shape index (κ2) is 16.4. The number of rotatable bonds is 11. The van der Waals surface area contributed by atoms with Gasteiger partial charge in [0.05, 0.1) is 36.3 Å². The van der Waals surface area contributed by atoms with Gasteiger partial charge in [0, 0.05) is 30.3 Å². The summed E-state index contributed by atoms with van der Waals surface area (Å²) in [6, 6.07) is 14.0. The van der Waals surface area contributed by atoms with E-state index in [1.165, 1.54) is 11.7 Å². The number of amides is 2. The topological polar surface area (TPSA) is 168 Å². The molecule has 1 aromatic heterocycles. The Balaban J connectivity index is 1.59. The van der Waals surface area contributed by atoms with Crippen LogP contribution in [0.4, 0.5) is 9.59 Å². The van der Waals surface area contributed by atoms with Gasteiger partial charge in [-0.25, -0.2) is 22.8 Å². The van der Waals surface area contributed by atoms with Gasteiger partial charge in [-0.15, -0.1) is 0 Å². The van der Waals surface area contributed by atoms with Gasteiger partial charge in [0.25, 0.3) is 0 Å². The van der Waals surface area contributed by atoms with E-state index in [-0.39, 0.29) is 30.2 Å². The molecule has 0 saturated carbocycles. The molecule has 4 atom stereocenters. The summed E-state index contributed by atoms with van der Waals surface area (Å²) in [4.78, 5) is 53.0. The molecule has 0 unspecified atom stereocenters. The first-order chi connectivity index (χ1) is 24.6. The Labute approximate surface area is 313 Å². The normalized spacial score (nSPS) is 19.5. The molecule has 2 aromatic carbocycles. The van der Waals surface area contributed by atoms with Crippen LogP contribution in [-0.2, 0) is 51.1 Å². The fraction of sp³-hybridized carbons (Fsp3) is 0.526. The van der Waals surface area contributed by atoms with Crippen molar-refractivity contribution in [3.05, 3.63) is 71.9 Å². The lowest BCUT2D eigenvalue weighted by molar-refractivity contribution is -0.145. The van der Waals surface area contributed by atoms with Gasteiger partial charge in [0.15, 0.2) is 18.2 Å². The van der Waals surface area contributed by atoms with Crippen LogP contribution in [0.15, 0.2) is 60.8 Å². The summed E-state index contributed by atoms with van der Waals surface area (Å²) in [7, 11) is -5.14. The number of para-hydroxylation sites is 1. The summed E-state index contributed by atoms with van der Waals surface area (Å²) in [6.45, 7) is 15.4. The predicted molar refractivity (Wildman–Crippen MR) is 204 cm³/mol. The number of methoxy groups -OCH3 is 1. The molecular weight excluding hydrogens is 719 g/mol. The maximum atomic E-state index is 13.8. The Hall–Kier alpha value is -4.21. The largest absolute Gasteiger partial charge is 0.467 e. The first-order valence-electron chi connectivity index (χ1n) is 17.6. The molecular formula is C38H53N3O10SSi. The number of ether oxygens (including phenoxy) is 3. The molecule has 1 saturated heterocycles. The third-order valence-electron chi connectivity index (χ3n) is 9.59. The Bertz CT molecular complexity index is 1900. The highest BCUT2D eigenvalue weighted by Gasteiger charge is 2.48. The highest BCUT2D eigenvalue weighted by molar-refractivity contribution is 7.91. The molecule has 53 heavy (non-hydrogen) atoms. The monoisotopic (exact) mass is 771 g/mol. The van der Waals surface area contributed by atoms with E-state index < -0.39 is 77.7 Å². The van der Waals surface area contributed by atoms with Crippen molar-refractivity contribution in [1.29, 1.82) is 0 Å². The second-order valence-corrected chi connectivity index (χ2v) is 23.0.